The minimum absolute atomic E-state index is 0.130. The van der Waals surface area contributed by atoms with Gasteiger partial charge in [-0.3, -0.25) is 0 Å². The van der Waals surface area contributed by atoms with Crippen molar-refractivity contribution < 1.29 is 27.5 Å². The summed E-state index contributed by atoms with van der Waals surface area (Å²) in [5.41, 5.74) is 0.390. The average molecular weight is 389 g/mol. The second-order valence-corrected chi connectivity index (χ2v) is 11.4. The highest BCUT2D eigenvalue weighted by molar-refractivity contribution is 6.59. The minimum atomic E-state index is -2.74. The van der Waals surface area contributed by atoms with E-state index in [2.05, 4.69) is 20.8 Å². The molecule has 0 aromatic heterocycles. The Morgan fingerprint density at radius 3 is 1.04 bits per heavy atom. The van der Waals surface area contributed by atoms with Crippen molar-refractivity contribution in [2.45, 2.75) is 46.6 Å². The Balaban J connectivity index is 1.59. The largest absolute Gasteiger partial charge is 0.497 e. The number of hydrogen-bond donors (Lipinski definition) is 0. The molecular formula is C19H36O6Si. The molecule has 0 bridgehead atoms. The molecule has 0 N–H and O–H groups in total. The molecule has 3 heterocycles. The molecule has 0 amide bonds. The second-order valence-electron chi connectivity index (χ2n) is 8.77. The van der Waals surface area contributed by atoms with Gasteiger partial charge in [0.25, 0.3) is 0 Å². The van der Waals surface area contributed by atoms with Gasteiger partial charge in [-0.25, -0.2) is 0 Å². The summed E-state index contributed by atoms with van der Waals surface area (Å²) >= 11 is 0. The van der Waals surface area contributed by atoms with Crippen LogP contribution in [0, 0.1) is 16.2 Å². The Hall–Kier alpha value is -0.0231. The summed E-state index contributed by atoms with van der Waals surface area (Å²) in [6.45, 7) is 15.2. The van der Waals surface area contributed by atoms with Crippen molar-refractivity contribution in [1.29, 1.82) is 0 Å². The first-order valence-corrected chi connectivity index (χ1v) is 12.3. The van der Waals surface area contributed by atoms with E-state index >= 15 is 0 Å². The van der Waals surface area contributed by atoms with E-state index in [1.165, 1.54) is 0 Å². The zero-order valence-corrected chi connectivity index (χ0v) is 17.9. The first-order chi connectivity index (χ1) is 12.4. The molecule has 3 fully saturated rings. The van der Waals surface area contributed by atoms with Gasteiger partial charge in [-0.15, -0.1) is 0 Å². The van der Waals surface area contributed by atoms with Gasteiger partial charge < -0.3 is 27.5 Å². The molecule has 0 unspecified atom stereocenters. The molecule has 0 radical (unpaired) electrons. The summed E-state index contributed by atoms with van der Waals surface area (Å²) in [6.07, 6.45) is 3.16. The average Bonchev–Trinajstić information content (AvgIpc) is 2.53. The fraction of sp³-hybridized carbons (Fsp3) is 1.00. The molecule has 0 aromatic carbocycles. The molecule has 26 heavy (non-hydrogen) atoms. The fourth-order valence-electron chi connectivity index (χ4n) is 3.32. The van der Waals surface area contributed by atoms with Crippen molar-refractivity contribution in [2.24, 2.45) is 16.2 Å². The van der Waals surface area contributed by atoms with E-state index in [1.54, 1.807) is 0 Å². The van der Waals surface area contributed by atoms with E-state index in [0.717, 1.165) is 58.9 Å². The van der Waals surface area contributed by atoms with Crippen LogP contribution in [0.3, 0.4) is 0 Å². The summed E-state index contributed by atoms with van der Waals surface area (Å²) in [5, 5.41) is 0. The minimum Gasteiger partial charge on any atom is -0.380 e. The van der Waals surface area contributed by atoms with Gasteiger partial charge in [-0.1, -0.05) is 20.8 Å². The van der Waals surface area contributed by atoms with E-state index in [0.29, 0.717) is 19.8 Å². The van der Waals surface area contributed by atoms with E-state index in [1.807, 2.05) is 6.55 Å². The van der Waals surface area contributed by atoms with Crippen molar-refractivity contribution in [1.82, 2.24) is 0 Å². The van der Waals surface area contributed by atoms with Gasteiger partial charge in [0.15, 0.2) is 0 Å². The summed E-state index contributed by atoms with van der Waals surface area (Å²) < 4.78 is 35.4. The predicted octanol–water partition coefficient (Wildman–Crippen LogP) is 2.88. The van der Waals surface area contributed by atoms with Gasteiger partial charge in [-0.2, -0.15) is 0 Å². The quantitative estimate of drug-likeness (QED) is 0.479. The lowest BCUT2D eigenvalue weighted by atomic mass is 9.84. The van der Waals surface area contributed by atoms with Crippen molar-refractivity contribution in [3.8, 4) is 0 Å². The highest BCUT2D eigenvalue weighted by Gasteiger charge is 2.48. The van der Waals surface area contributed by atoms with Crippen LogP contribution in [-0.4, -0.2) is 68.3 Å². The van der Waals surface area contributed by atoms with Crippen molar-refractivity contribution in [2.75, 3.05) is 59.5 Å². The van der Waals surface area contributed by atoms with E-state index in [9.17, 15) is 0 Å². The summed E-state index contributed by atoms with van der Waals surface area (Å²) in [7, 11) is -2.74. The lowest BCUT2D eigenvalue weighted by molar-refractivity contribution is -0.167. The molecule has 3 aliphatic rings. The van der Waals surface area contributed by atoms with Crippen LogP contribution in [0.5, 0.6) is 0 Å². The van der Waals surface area contributed by atoms with Crippen LogP contribution in [0.1, 0.15) is 40.0 Å². The first kappa shape index (κ1) is 20.7. The lowest BCUT2D eigenvalue weighted by Crippen LogP contribution is -2.56. The molecule has 152 valence electrons. The number of ether oxygens (including phenoxy) is 3. The zero-order chi connectivity index (χ0) is 18.7. The van der Waals surface area contributed by atoms with Crippen LogP contribution < -0.4 is 0 Å². The second kappa shape index (κ2) is 8.15. The van der Waals surface area contributed by atoms with Gasteiger partial charge in [0.1, 0.15) is 0 Å². The van der Waals surface area contributed by atoms with Gasteiger partial charge in [0, 0.05) is 42.6 Å². The molecule has 0 aromatic rings. The molecule has 0 spiro atoms. The fourth-order valence-corrected chi connectivity index (χ4v) is 5.27. The Labute approximate surface area is 159 Å². The third kappa shape index (κ3) is 4.34. The first-order valence-electron chi connectivity index (χ1n) is 10.1. The molecule has 3 aliphatic heterocycles. The molecule has 3 saturated heterocycles. The molecular weight excluding hydrogens is 352 g/mol. The molecule has 3 rings (SSSR count). The van der Waals surface area contributed by atoms with Gasteiger partial charge in [0.2, 0.25) is 0 Å². The van der Waals surface area contributed by atoms with Crippen LogP contribution in [0.4, 0.5) is 0 Å². The molecule has 0 aliphatic carbocycles. The Morgan fingerprint density at radius 1 is 0.615 bits per heavy atom. The monoisotopic (exact) mass is 388 g/mol. The van der Waals surface area contributed by atoms with Crippen molar-refractivity contribution in [3.63, 3.8) is 0 Å². The number of hydrogen-bond acceptors (Lipinski definition) is 6. The Bertz CT molecular complexity index is 378. The maximum absolute atomic E-state index is 6.38. The predicted molar refractivity (Wildman–Crippen MR) is 100 cm³/mol. The van der Waals surface area contributed by atoms with Gasteiger partial charge >= 0.3 is 8.80 Å². The molecule has 0 atom stereocenters. The standard InChI is InChI=1S/C19H36O6Si/c1-5-17(8-20-9-17)14-23-26(4,24-15-18(6-2)10-21-11-18)25-16-19(7-3)12-22-13-19/h5-16H2,1-4H3. The van der Waals surface area contributed by atoms with E-state index in [4.69, 9.17) is 27.5 Å². The third-order valence-electron chi connectivity index (χ3n) is 6.62. The zero-order valence-electron chi connectivity index (χ0n) is 16.9. The topological polar surface area (TPSA) is 55.4 Å². The highest BCUT2D eigenvalue weighted by atomic mass is 28.4. The SMILES string of the molecule is CCC1(CO[Si](C)(OCC2(CC)COC2)OCC2(CC)COC2)COC1. The molecule has 6 nitrogen and oxygen atoms in total. The Morgan fingerprint density at radius 2 is 0.885 bits per heavy atom. The molecule has 7 heteroatoms. The smallest absolute Gasteiger partial charge is 0.380 e. The summed E-state index contributed by atoms with van der Waals surface area (Å²) in [4.78, 5) is 0. The summed E-state index contributed by atoms with van der Waals surface area (Å²) in [6, 6.07) is 0. The van der Waals surface area contributed by atoms with E-state index in [-0.39, 0.29) is 16.2 Å². The highest BCUT2D eigenvalue weighted by Crippen LogP contribution is 2.37. The third-order valence-corrected chi connectivity index (χ3v) is 8.63. The van der Waals surface area contributed by atoms with E-state index < -0.39 is 8.80 Å². The lowest BCUT2D eigenvalue weighted by Gasteiger charge is -2.46. The maximum Gasteiger partial charge on any atom is 0.497 e. The maximum atomic E-state index is 6.38. The van der Waals surface area contributed by atoms with Crippen LogP contribution in [0.2, 0.25) is 6.55 Å². The normalized spacial score (nSPS) is 25.8. The van der Waals surface area contributed by atoms with Crippen molar-refractivity contribution >= 4 is 8.80 Å². The molecule has 0 saturated carbocycles. The summed E-state index contributed by atoms with van der Waals surface area (Å²) in [5.74, 6) is 0. The van der Waals surface area contributed by atoms with Gasteiger partial charge in [-0.05, 0) is 19.3 Å². The van der Waals surface area contributed by atoms with Crippen LogP contribution in [0.25, 0.3) is 0 Å². The Kier molecular flexibility index (Phi) is 6.49. The van der Waals surface area contributed by atoms with Gasteiger partial charge in [0.05, 0.1) is 39.6 Å². The number of rotatable bonds is 12. The van der Waals surface area contributed by atoms with Crippen molar-refractivity contribution in [3.05, 3.63) is 0 Å². The van der Waals surface area contributed by atoms with Crippen LogP contribution in [0.15, 0.2) is 0 Å². The van der Waals surface area contributed by atoms with Crippen LogP contribution in [-0.2, 0) is 27.5 Å². The van der Waals surface area contributed by atoms with Crippen LogP contribution >= 0.6 is 0 Å².